The third-order valence-electron chi connectivity index (χ3n) is 8.19. The van der Waals surface area contributed by atoms with E-state index in [1.165, 1.54) is 5.19 Å². The van der Waals surface area contributed by atoms with Crippen LogP contribution in [0, 0.1) is 12.1 Å². The zero-order valence-corrected chi connectivity index (χ0v) is 31.9. The van der Waals surface area contributed by atoms with Gasteiger partial charge in [-0.3, -0.25) is 0 Å². The summed E-state index contributed by atoms with van der Waals surface area (Å²) < 4.78 is 22.7. The zero-order chi connectivity index (χ0) is 35.0. The maximum Gasteiger partial charge on any atom is 0.216 e. The number of benzene rings is 3. The van der Waals surface area contributed by atoms with Crippen LogP contribution < -0.4 is 5.19 Å². The van der Waals surface area contributed by atoms with E-state index in [-0.39, 0.29) is 20.1 Å². The van der Waals surface area contributed by atoms with Crippen LogP contribution in [-0.4, -0.2) is 23.0 Å². The van der Waals surface area contributed by atoms with Crippen LogP contribution in [0.25, 0.3) is 55.8 Å². The predicted molar refractivity (Wildman–Crippen MR) is 199 cm³/mol. The van der Waals surface area contributed by atoms with Crippen molar-refractivity contribution in [2.75, 3.05) is 0 Å². The number of aromatic nitrogens is 3. The molecule has 6 heteroatoms. The Hall–Kier alpha value is -4.22. The van der Waals surface area contributed by atoms with Gasteiger partial charge in [-0.15, -0.1) is 59.7 Å². The molecule has 3 aromatic carbocycles. The molecule has 0 saturated carbocycles. The van der Waals surface area contributed by atoms with Crippen molar-refractivity contribution in [3.63, 3.8) is 0 Å². The summed E-state index contributed by atoms with van der Waals surface area (Å²) in [5.41, 5.74) is 8.88. The number of fused-ring (bicyclic) bond motifs is 3. The number of hydrogen-bond donors (Lipinski definition) is 0. The summed E-state index contributed by atoms with van der Waals surface area (Å²) in [6.45, 7) is 14.5. The standard InChI is InChI=1S/C25H19N2O.C17H22NSi.Ir/c1-16(2)18-12-13-26-23(15-18)19-8-11-24-21(14-19)20-9-10-22(27-25(20)28-24)17-6-4-3-5-7-17;1-13(2)15-11-16(14-9-7-6-8-10-14)18-12-17(15)19(3,4)5;/h3-7,9-16H,1-2H3;6-9,11-13H,1-5H3;/q2*-1;/i16D;13D;. The van der Waals surface area contributed by atoms with Crippen molar-refractivity contribution >= 4 is 35.3 Å². The number of rotatable bonds is 6. The van der Waals surface area contributed by atoms with E-state index in [4.69, 9.17) is 12.1 Å². The molecule has 0 N–H and O–H groups in total. The fraction of sp³-hybridized carbons (Fsp3) is 0.214. The second-order valence-electron chi connectivity index (χ2n) is 13.2. The van der Waals surface area contributed by atoms with Crippen LogP contribution in [-0.2, 0) is 20.1 Å². The number of hydrogen-bond acceptors (Lipinski definition) is 4. The number of pyridine rings is 3. The van der Waals surface area contributed by atoms with E-state index in [1.54, 1.807) is 6.20 Å². The summed E-state index contributed by atoms with van der Waals surface area (Å²) in [5.74, 6) is -1.29. The number of nitrogens with zero attached hydrogens (tertiary/aromatic N) is 3. The molecule has 0 aliphatic rings. The van der Waals surface area contributed by atoms with Crippen LogP contribution in [0.4, 0.5) is 0 Å². The van der Waals surface area contributed by atoms with Gasteiger partial charge in [0.1, 0.15) is 0 Å². The summed E-state index contributed by atoms with van der Waals surface area (Å²) >= 11 is 0. The fourth-order valence-corrected chi connectivity index (χ4v) is 7.16. The molecule has 0 bridgehead atoms. The van der Waals surface area contributed by atoms with Gasteiger partial charge < -0.3 is 14.4 Å². The Labute approximate surface area is 301 Å². The van der Waals surface area contributed by atoms with Gasteiger partial charge in [0.2, 0.25) is 5.71 Å². The molecule has 4 heterocycles. The van der Waals surface area contributed by atoms with Crippen LogP contribution in [0.2, 0.25) is 19.6 Å². The summed E-state index contributed by atoms with van der Waals surface area (Å²) in [7, 11) is -1.50. The van der Waals surface area contributed by atoms with Crippen molar-refractivity contribution in [1.82, 2.24) is 15.0 Å². The van der Waals surface area contributed by atoms with Gasteiger partial charge in [0.05, 0.1) is 19.4 Å². The van der Waals surface area contributed by atoms with Crippen LogP contribution in [0.3, 0.4) is 0 Å². The molecule has 4 aromatic heterocycles. The molecule has 0 aliphatic heterocycles. The third-order valence-corrected chi connectivity index (χ3v) is 10.2. The molecule has 4 nitrogen and oxygen atoms in total. The largest absolute Gasteiger partial charge is 0.486 e. The molecular formula is C42H41IrN3OSi-2. The van der Waals surface area contributed by atoms with Gasteiger partial charge in [0.15, 0.2) is 0 Å². The van der Waals surface area contributed by atoms with Gasteiger partial charge in [-0.25, -0.2) is 4.98 Å². The molecule has 0 aliphatic carbocycles. The third kappa shape index (κ3) is 7.73. The molecule has 1 radical (unpaired) electrons. The smallest absolute Gasteiger partial charge is 0.216 e. The Morgan fingerprint density at radius 2 is 1.48 bits per heavy atom. The van der Waals surface area contributed by atoms with Gasteiger partial charge in [0.25, 0.3) is 0 Å². The van der Waals surface area contributed by atoms with E-state index >= 15 is 0 Å². The van der Waals surface area contributed by atoms with Crippen molar-refractivity contribution in [2.24, 2.45) is 0 Å². The van der Waals surface area contributed by atoms with Crippen molar-refractivity contribution in [3.05, 3.63) is 133 Å². The topological polar surface area (TPSA) is 51.8 Å². The summed E-state index contributed by atoms with van der Waals surface area (Å²) in [5, 5.41) is 3.22. The molecule has 48 heavy (non-hydrogen) atoms. The Balaban J connectivity index is 0.000000204. The molecule has 0 atom stereocenters. The second-order valence-corrected chi connectivity index (χ2v) is 18.3. The van der Waals surface area contributed by atoms with E-state index < -0.39 is 19.9 Å². The monoisotopic (exact) mass is 826 g/mol. The summed E-state index contributed by atoms with van der Waals surface area (Å²) in [4.78, 5) is 13.8. The molecule has 0 spiro atoms. The van der Waals surface area contributed by atoms with Crippen molar-refractivity contribution in [1.29, 1.82) is 0 Å². The van der Waals surface area contributed by atoms with Crippen LogP contribution in [0.15, 0.2) is 114 Å². The van der Waals surface area contributed by atoms with Crippen molar-refractivity contribution in [2.45, 2.75) is 59.1 Å². The van der Waals surface area contributed by atoms with Gasteiger partial charge in [0, 0.05) is 46.2 Å². The first-order valence-corrected chi connectivity index (χ1v) is 19.4. The summed E-state index contributed by atoms with van der Waals surface area (Å²) in [6, 6.07) is 38.3. The minimum absolute atomic E-state index is 0. The van der Waals surface area contributed by atoms with E-state index in [2.05, 4.69) is 53.9 Å². The Morgan fingerprint density at radius 1 is 0.729 bits per heavy atom. The van der Waals surface area contributed by atoms with Gasteiger partial charge in [-0.2, -0.15) is 0 Å². The molecule has 245 valence electrons. The molecule has 0 saturated heterocycles. The van der Waals surface area contributed by atoms with Crippen LogP contribution in [0.5, 0.6) is 0 Å². The molecule has 0 unspecified atom stereocenters. The van der Waals surface area contributed by atoms with Crippen molar-refractivity contribution < 1.29 is 27.3 Å². The average Bonchev–Trinajstić information content (AvgIpc) is 3.45. The first-order chi connectivity index (χ1) is 23.2. The average molecular weight is 826 g/mol. The van der Waals surface area contributed by atoms with E-state index in [1.807, 2.05) is 119 Å². The van der Waals surface area contributed by atoms with Gasteiger partial charge >= 0.3 is 0 Å². The Kier molecular flexibility index (Phi) is 10.0. The van der Waals surface area contributed by atoms with Gasteiger partial charge in [-0.1, -0.05) is 106 Å². The fourth-order valence-electron chi connectivity index (χ4n) is 5.57. The van der Waals surface area contributed by atoms with Crippen LogP contribution in [0.1, 0.15) is 53.4 Å². The normalized spacial score (nSPS) is 12.5. The minimum Gasteiger partial charge on any atom is -0.486 e. The van der Waals surface area contributed by atoms with E-state index in [9.17, 15) is 0 Å². The first kappa shape index (κ1) is 32.3. The quantitative estimate of drug-likeness (QED) is 0.124. The predicted octanol–water partition coefficient (Wildman–Crippen LogP) is 10.8. The van der Waals surface area contributed by atoms with Gasteiger partial charge in [-0.05, 0) is 46.6 Å². The Morgan fingerprint density at radius 3 is 2.17 bits per heavy atom. The van der Waals surface area contributed by atoms with Crippen molar-refractivity contribution in [3.8, 4) is 33.8 Å². The van der Waals surface area contributed by atoms with Crippen LogP contribution >= 0.6 is 0 Å². The number of furan rings is 1. The van der Waals surface area contributed by atoms with E-state index in [0.717, 1.165) is 61.3 Å². The minimum atomic E-state index is -1.50. The zero-order valence-electron chi connectivity index (χ0n) is 30.5. The molecule has 0 fully saturated rings. The molecule has 7 aromatic rings. The first-order valence-electron chi connectivity index (χ1n) is 16.9. The Bertz CT molecular complexity index is 2240. The van der Waals surface area contributed by atoms with E-state index in [0.29, 0.717) is 5.71 Å². The molecular weight excluding hydrogens is 783 g/mol. The second kappa shape index (κ2) is 14.9. The summed E-state index contributed by atoms with van der Waals surface area (Å²) in [6.07, 6.45) is 3.73. The maximum atomic E-state index is 8.44. The SMILES string of the molecule is [2H]C(C)(C)c1cc(-c2[c-]cccc2)ncc1[Si](C)(C)C.[2H]C(C)(C)c1ccnc(-c2[c-]cc3oc4nc(-c5ccccc5)ccc4c3c2)c1.[Ir]. The molecule has 7 rings (SSSR count). The molecule has 0 amide bonds. The maximum absolute atomic E-state index is 8.44.